The Hall–Kier alpha value is -2.40. The standard InChI is InChI=1S/C21H24N2O3/c1-14-6-3-4-8-17(14)21(25)10-11-23(13-21)20(24)16-12-15-7-5-9-18(15)22-19(16)26-2/h3-4,6,8,12,25H,5,7,9-11,13H2,1-2H3/t21-/m1/s1. The zero-order valence-corrected chi connectivity index (χ0v) is 15.3. The summed E-state index contributed by atoms with van der Waals surface area (Å²) in [5, 5.41) is 11.2. The van der Waals surface area contributed by atoms with Crippen LogP contribution >= 0.6 is 0 Å². The molecule has 0 spiro atoms. The summed E-state index contributed by atoms with van der Waals surface area (Å²) in [6.07, 6.45) is 3.50. The number of carbonyl (C=O) groups is 1. The number of methoxy groups -OCH3 is 1. The number of rotatable bonds is 3. The maximum atomic E-state index is 13.1. The van der Waals surface area contributed by atoms with Crippen LogP contribution in [0, 0.1) is 6.92 Å². The first-order valence-electron chi connectivity index (χ1n) is 9.16. The number of pyridine rings is 1. The molecule has 5 nitrogen and oxygen atoms in total. The van der Waals surface area contributed by atoms with Gasteiger partial charge in [-0.3, -0.25) is 4.79 Å². The number of aliphatic hydroxyl groups is 1. The summed E-state index contributed by atoms with van der Waals surface area (Å²) in [7, 11) is 1.55. The van der Waals surface area contributed by atoms with E-state index in [9.17, 15) is 9.90 Å². The topological polar surface area (TPSA) is 62.7 Å². The van der Waals surface area contributed by atoms with Gasteiger partial charge in [-0.2, -0.15) is 0 Å². The summed E-state index contributed by atoms with van der Waals surface area (Å²) >= 11 is 0. The summed E-state index contributed by atoms with van der Waals surface area (Å²) in [6.45, 7) is 2.80. The Labute approximate surface area is 153 Å². The molecule has 1 aromatic carbocycles. The Bertz CT molecular complexity index is 864. The highest BCUT2D eigenvalue weighted by Gasteiger charge is 2.41. The summed E-state index contributed by atoms with van der Waals surface area (Å²) in [4.78, 5) is 19.4. The number of likely N-dealkylation sites (tertiary alicyclic amines) is 1. The second-order valence-corrected chi connectivity index (χ2v) is 7.33. The Balaban J connectivity index is 1.62. The van der Waals surface area contributed by atoms with E-state index in [0.29, 0.717) is 24.4 Å². The molecule has 2 aromatic rings. The first kappa shape index (κ1) is 17.0. The summed E-state index contributed by atoms with van der Waals surface area (Å²) in [5.41, 5.74) is 3.62. The van der Waals surface area contributed by atoms with E-state index in [1.54, 1.807) is 12.0 Å². The molecule has 26 heavy (non-hydrogen) atoms. The van der Waals surface area contributed by atoms with Gasteiger partial charge in [0.2, 0.25) is 5.88 Å². The van der Waals surface area contributed by atoms with Crippen molar-refractivity contribution in [3.63, 3.8) is 0 Å². The maximum Gasteiger partial charge on any atom is 0.259 e. The number of ether oxygens (including phenoxy) is 1. The van der Waals surface area contributed by atoms with Crippen molar-refractivity contribution in [3.05, 3.63) is 58.3 Å². The van der Waals surface area contributed by atoms with Crippen LogP contribution in [0.3, 0.4) is 0 Å². The molecule has 0 saturated carbocycles. The van der Waals surface area contributed by atoms with E-state index in [2.05, 4.69) is 4.98 Å². The lowest BCUT2D eigenvalue weighted by Crippen LogP contribution is -2.35. The van der Waals surface area contributed by atoms with Crippen LogP contribution in [-0.4, -0.2) is 41.1 Å². The van der Waals surface area contributed by atoms with Gasteiger partial charge < -0.3 is 14.7 Å². The highest BCUT2D eigenvalue weighted by Crippen LogP contribution is 2.35. The fourth-order valence-electron chi connectivity index (χ4n) is 4.21. The largest absolute Gasteiger partial charge is 0.480 e. The van der Waals surface area contributed by atoms with Gasteiger partial charge in [0.1, 0.15) is 11.2 Å². The quantitative estimate of drug-likeness (QED) is 0.922. The average Bonchev–Trinajstić information content (AvgIpc) is 3.27. The van der Waals surface area contributed by atoms with Crippen molar-refractivity contribution < 1.29 is 14.6 Å². The zero-order valence-electron chi connectivity index (χ0n) is 15.3. The number of hydrogen-bond acceptors (Lipinski definition) is 4. The Morgan fingerprint density at radius 1 is 1.31 bits per heavy atom. The number of aromatic nitrogens is 1. The average molecular weight is 352 g/mol. The number of nitrogens with zero attached hydrogens (tertiary/aromatic N) is 2. The van der Waals surface area contributed by atoms with Gasteiger partial charge in [-0.1, -0.05) is 24.3 Å². The van der Waals surface area contributed by atoms with Gasteiger partial charge in [0.25, 0.3) is 5.91 Å². The third kappa shape index (κ3) is 2.76. The fourth-order valence-corrected chi connectivity index (χ4v) is 4.21. The molecular weight excluding hydrogens is 328 g/mol. The molecule has 1 aliphatic carbocycles. The van der Waals surface area contributed by atoms with Gasteiger partial charge in [0.05, 0.1) is 13.7 Å². The van der Waals surface area contributed by atoms with Gasteiger partial charge in [-0.15, -0.1) is 0 Å². The minimum atomic E-state index is -1.00. The highest BCUT2D eigenvalue weighted by atomic mass is 16.5. The smallest absolute Gasteiger partial charge is 0.259 e. The van der Waals surface area contributed by atoms with Crippen LogP contribution in [0.1, 0.15) is 45.6 Å². The van der Waals surface area contributed by atoms with Crippen molar-refractivity contribution in [3.8, 4) is 5.88 Å². The number of amides is 1. The van der Waals surface area contributed by atoms with Crippen molar-refractivity contribution in [1.29, 1.82) is 0 Å². The number of hydrogen-bond donors (Lipinski definition) is 1. The Kier molecular flexibility index (Phi) is 4.19. The molecule has 136 valence electrons. The molecule has 0 radical (unpaired) electrons. The van der Waals surface area contributed by atoms with Crippen molar-refractivity contribution >= 4 is 5.91 Å². The predicted octanol–water partition coefficient (Wildman–Crippen LogP) is 2.62. The van der Waals surface area contributed by atoms with Gasteiger partial charge in [0, 0.05) is 12.2 Å². The minimum absolute atomic E-state index is 0.117. The minimum Gasteiger partial charge on any atom is -0.480 e. The highest BCUT2D eigenvalue weighted by molar-refractivity contribution is 5.97. The van der Waals surface area contributed by atoms with Gasteiger partial charge in [-0.05, 0) is 55.4 Å². The third-order valence-electron chi connectivity index (χ3n) is 5.62. The molecular formula is C21H24N2O3. The van der Waals surface area contributed by atoms with E-state index < -0.39 is 5.60 Å². The zero-order chi connectivity index (χ0) is 18.3. The molecule has 1 aliphatic heterocycles. The monoisotopic (exact) mass is 352 g/mol. The Morgan fingerprint density at radius 2 is 2.12 bits per heavy atom. The molecule has 2 aliphatic rings. The number of carbonyl (C=O) groups excluding carboxylic acids is 1. The number of benzene rings is 1. The van der Waals surface area contributed by atoms with Gasteiger partial charge in [-0.25, -0.2) is 4.98 Å². The third-order valence-corrected chi connectivity index (χ3v) is 5.62. The molecule has 0 unspecified atom stereocenters. The van der Waals surface area contributed by atoms with Crippen molar-refractivity contribution in [1.82, 2.24) is 9.88 Å². The summed E-state index contributed by atoms with van der Waals surface area (Å²) in [5.74, 6) is 0.274. The van der Waals surface area contributed by atoms with Crippen LogP contribution in [0.4, 0.5) is 0 Å². The SMILES string of the molecule is COc1nc2c(cc1C(=O)N1CC[C@](O)(c3ccccc3C)C1)CCC2. The predicted molar refractivity (Wildman–Crippen MR) is 98.4 cm³/mol. The molecule has 1 atom stereocenters. The molecule has 4 rings (SSSR count). The molecule has 1 amide bonds. The van der Waals surface area contributed by atoms with E-state index in [-0.39, 0.29) is 12.5 Å². The van der Waals surface area contributed by atoms with Crippen molar-refractivity contribution in [2.45, 2.75) is 38.2 Å². The molecule has 1 fully saturated rings. The summed E-state index contributed by atoms with van der Waals surface area (Å²) < 4.78 is 5.39. The molecule has 0 bridgehead atoms. The molecule has 1 N–H and O–H groups in total. The maximum absolute atomic E-state index is 13.1. The van der Waals surface area contributed by atoms with Crippen LogP contribution < -0.4 is 4.74 Å². The van der Waals surface area contributed by atoms with Crippen molar-refractivity contribution in [2.24, 2.45) is 0 Å². The fraction of sp³-hybridized carbons (Fsp3) is 0.429. The lowest BCUT2D eigenvalue weighted by molar-refractivity contribution is 0.0411. The lowest BCUT2D eigenvalue weighted by atomic mass is 9.89. The van der Waals surface area contributed by atoms with Gasteiger partial charge in [0.15, 0.2) is 0 Å². The normalized spacial score (nSPS) is 21.7. The molecule has 1 saturated heterocycles. The van der Waals surface area contributed by atoms with Crippen molar-refractivity contribution in [2.75, 3.05) is 20.2 Å². The van der Waals surface area contributed by atoms with Gasteiger partial charge >= 0.3 is 0 Å². The van der Waals surface area contributed by atoms with E-state index in [1.165, 1.54) is 0 Å². The molecule has 1 aromatic heterocycles. The summed E-state index contributed by atoms with van der Waals surface area (Å²) in [6, 6.07) is 9.76. The first-order valence-corrected chi connectivity index (χ1v) is 9.16. The van der Waals surface area contributed by atoms with Crippen LogP contribution in [0.15, 0.2) is 30.3 Å². The Morgan fingerprint density at radius 3 is 2.88 bits per heavy atom. The number of β-amino-alcohol motifs (C(OH)–C–C–N with tert-alkyl or cyclic N) is 1. The van der Waals surface area contributed by atoms with Crippen LogP contribution in [-0.2, 0) is 18.4 Å². The van der Waals surface area contributed by atoms with E-state index in [0.717, 1.165) is 41.6 Å². The molecule has 2 heterocycles. The first-order chi connectivity index (χ1) is 12.5. The second kappa shape index (κ2) is 6.40. The van der Waals surface area contributed by atoms with Crippen LogP contribution in [0.25, 0.3) is 0 Å². The number of aryl methyl sites for hydroxylation is 3. The van der Waals surface area contributed by atoms with E-state index >= 15 is 0 Å². The molecule has 5 heteroatoms. The number of fused-ring (bicyclic) bond motifs is 1. The van der Waals surface area contributed by atoms with Crippen LogP contribution in [0.2, 0.25) is 0 Å². The second-order valence-electron chi connectivity index (χ2n) is 7.33. The van der Waals surface area contributed by atoms with E-state index in [1.807, 2.05) is 37.3 Å². The lowest BCUT2D eigenvalue weighted by Gasteiger charge is -2.26. The van der Waals surface area contributed by atoms with Crippen LogP contribution in [0.5, 0.6) is 5.88 Å². The van der Waals surface area contributed by atoms with E-state index in [4.69, 9.17) is 4.74 Å².